The highest BCUT2D eigenvalue weighted by atomic mass is 32.1. The first kappa shape index (κ1) is 12.2. The summed E-state index contributed by atoms with van der Waals surface area (Å²) in [6.07, 6.45) is 2.96. The van der Waals surface area contributed by atoms with E-state index >= 15 is 0 Å². The van der Waals surface area contributed by atoms with Gasteiger partial charge in [0.05, 0.1) is 5.84 Å². The third-order valence-electron chi connectivity index (χ3n) is 2.21. The van der Waals surface area contributed by atoms with E-state index in [1.807, 2.05) is 27.0 Å². The maximum atomic E-state index is 5.82. The molecule has 0 fully saturated rings. The molecule has 0 aliphatic carbocycles. The lowest BCUT2D eigenvalue weighted by Crippen LogP contribution is -2.19. The van der Waals surface area contributed by atoms with Gasteiger partial charge in [-0.1, -0.05) is 20.8 Å². The van der Waals surface area contributed by atoms with E-state index in [0.717, 1.165) is 11.4 Å². The SMILES string of the molecule is CCc1cnc(C(C)N=C(N)C(C)C)s1. The minimum atomic E-state index is 0.0812. The van der Waals surface area contributed by atoms with Crippen LogP contribution >= 0.6 is 11.3 Å². The molecule has 1 rings (SSSR count). The molecule has 15 heavy (non-hydrogen) atoms. The second kappa shape index (κ2) is 5.26. The molecular weight excluding hydrogens is 206 g/mol. The molecule has 1 aromatic rings. The fourth-order valence-electron chi connectivity index (χ4n) is 1.11. The minimum absolute atomic E-state index is 0.0812. The number of aliphatic imine (C=N–C) groups is 1. The average molecular weight is 225 g/mol. The summed E-state index contributed by atoms with van der Waals surface area (Å²) in [5.74, 6) is 1.01. The molecule has 1 aromatic heterocycles. The molecule has 0 saturated heterocycles. The number of aromatic nitrogens is 1. The van der Waals surface area contributed by atoms with Gasteiger partial charge in [-0.3, -0.25) is 4.99 Å². The van der Waals surface area contributed by atoms with Crippen LogP contribution in [-0.4, -0.2) is 10.8 Å². The summed E-state index contributed by atoms with van der Waals surface area (Å²) in [5.41, 5.74) is 5.82. The van der Waals surface area contributed by atoms with Gasteiger partial charge in [0.2, 0.25) is 0 Å². The van der Waals surface area contributed by atoms with Crippen LogP contribution in [0, 0.1) is 5.92 Å². The Morgan fingerprint density at radius 3 is 2.67 bits per heavy atom. The van der Waals surface area contributed by atoms with E-state index in [0.29, 0.717) is 11.8 Å². The molecular formula is C11H19N3S. The zero-order valence-electron chi connectivity index (χ0n) is 9.82. The van der Waals surface area contributed by atoms with Crippen LogP contribution in [0.3, 0.4) is 0 Å². The summed E-state index contributed by atoms with van der Waals surface area (Å²) in [5, 5.41) is 1.05. The molecule has 2 N–H and O–H groups in total. The van der Waals surface area contributed by atoms with Crippen LogP contribution in [0.15, 0.2) is 11.2 Å². The lowest BCUT2D eigenvalue weighted by atomic mass is 10.2. The molecule has 0 radical (unpaired) electrons. The van der Waals surface area contributed by atoms with Crippen molar-refractivity contribution in [1.82, 2.24) is 4.98 Å². The van der Waals surface area contributed by atoms with Crippen molar-refractivity contribution < 1.29 is 0 Å². The lowest BCUT2D eigenvalue weighted by molar-refractivity contribution is 0.773. The number of hydrogen-bond donors (Lipinski definition) is 1. The largest absolute Gasteiger partial charge is 0.387 e. The van der Waals surface area contributed by atoms with Gasteiger partial charge in [-0.25, -0.2) is 4.98 Å². The van der Waals surface area contributed by atoms with Gasteiger partial charge in [-0.15, -0.1) is 11.3 Å². The molecule has 0 saturated carbocycles. The summed E-state index contributed by atoms with van der Waals surface area (Å²) in [6, 6.07) is 0.0812. The summed E-state index contributed by atoms with van der Waals surface area (Å²) in [7, 11) is 0. The number of thiazole rings is 1. The molecule has 1 unspecified atom stereocenters. The Balaban J connectivity index is 2.76. The van der Waals surface area contributed by atoms with E-state index in [1.54, 1.807) is 11.3 Å². The molecule has 0 amide bonds. The van der Waals surface area contributed by atoms with Crippen molar-refractivity contribution in [1.29, 1.82) is 0 Å². The summed E-state index contributed by atoms with van der Waals surface area (Å²) >= 11 is 1.72. The van der Waals surface area contributed by atoms with Crippen molar-refractivity contribution in [2.45, 2.75) is 40.2 Å². The van der Waals surface area contributed by atoms with Gasteiger partial charge in [0, 0.05) is 17.0 Å². The van der Waals surface area contributed by atoms with Gasteiger partial charge in [0.1, 0.15) is 11.0 Å². The highest BCUT2D eigenvalue weighted by Gasteiger charge is 2.10. The molecule has 0 aromatic carbocycles. The highest BCUT2D eigenvalue weighted by molar-refractivity contribution is 7.11. The second-order valence-corrected chi connectivity index (χ2v) is 5.05. The number of aryl methyl sites for hydroxylation is 1. The van der Waals surface area contributed by atoms with Crippen LogP contribution in [-0.2, 0) is 6.42 Å². The van der Waals surface area contributed by atoms with Gasteiger partial charge >= 0.3 is 0 Å². The Labute approximate surface area is 95.4 Å². The number of rotatable bonds is 4. The van der Waals surface area contributed by atoms with E-state index in [4.69, 9.17) is 5.73 Å². The van der Waals surface area contributed by atoms with Crippen LogP contribution in [0.2, 0.25) is 0 Å². The molecule has 4 heteroatoms. The van der Waals surface area contributed by atoms with Crippen molar-refractivity contribution in [3.8, 4) is 0 Å². The summed E-state index contributed by atoms with van der Waals surface area (Å²) in [4.78, 5) is 10.1. The van der Waals surface area contributed by atoms with E-state index in [-0.39, 0.29) is 6.04 Å². The van der Waals surface area contributed by atoms with Crippen LogP contribution < -0.4 is 5.73 Å². The van der Waals surface area contributed by atoms with Gasteiger partial charge in [-0.05, 0) is 13.3 Å². The number of nitrogens with two attached hydrogens (primary N) is 1. The first-order valence-corrected chi connectivity index (χ1v) is 6.14. The van der Waals surface area contributed by atoms with Crippen molar-refractivity contribution in [2.24, 2.45) is 16.6 Å². The summed E-state index contributed by atoms with van der Waals surface area (Å²) in [6.45, 7) is 8.26. The Kier molecular flexibility index (Phi) is 4.27. The van der Waals surface area contributed by atoms with Gasteiger partial charge in [0.15, 0.2) is 0 Å². The number of nitrogens with zero attached hydrogens (tertiary/aromatic N) is 2. The van der Waals surface area contributed by atoms with Crippen LogP contribution in [0.1, 0.15) is 43.6 Å². The van der Waals surface area contributed by atoms with E-state index in [2.05, 4.69) is 16.9 Å². The Morgan fingerprint density at radius 2 is 2.20 bits per heavy atom. The van der Waals surface area contributed by atoms with Crippen LogP contribution in [0.4, 0.5) is 0 Å². The van der Waals surface area contributed by atoms with Crippen LogP contribution in [0.25, 0.3) is 0 Å². The van der Waals surface area contributed by atoms with Gasteiger partial charge < -0.3 is 5.73 Å². The van der Waals surface area contributed by atoms with Crippen molar-refractivity contribution in [2.75, 3.05) is 0 Å². The Morgan fingerprint density at radius 1 is 1.53 bits per heavy atom. The number of amidine groups is 1. The fourth-order valence-corrected chi connectivity index (χ4v) is 1.95. The monoisotopic (exact) mass is 225 g/mol. The third-order valence-corrected chi connectivity index (χ3v) is 3.52. The first-order chi connectivity index (χ1) is 7.04. The minimum Gasteiger partial charge on any atom is -0.387 e. The standard InChI is InChI=1S/C11H19N3S/c1-5-9-6-13-11(15-9)8(4)14-10(12)7(2)3/h6-8H,5H2,1-4H3,(H2,12,14). The molecule has 0 spiro atoms. The summed E-state index contributed by atoms with van der Waals surface area (Å²) < 4.78 is 0. The Hall–Kier alpha value is -0.900. The van der Waals surface area contributed by atoms with Crippen molar-refractivity contribution >= 4 is 17.2 Å². The van der Waals surface area contributed by atoms with Crippen molar-refractivity contribution in [3.63, 3.8) is 0 Å². The highest BCUT2D eigenvalue weighted by Crippen LogP contribution is 2.23. The molecule has 1 heterocycles. The average Bonchev–Trinajstić information content (AvgIpc) is 2.65. The maximum absolute atomic E-state index is 5.82. The van der Waals surface area contributed by atoms with Crippen LogP contribution in [0.5, 0.6) is 0 Å². The molecule has 84 valence electrons. The topological polar surface area (TPSA) is 51.3 Å². The zero-order chi connectivity index (χ0) is 11.4. The van der Waals surface area contributed by atoms with E-state index in [9.17, 15) is 0 Å². The van der Waals surface area contributed by atoms with Gasteiger partial charge in [0.25, 0.3) is 0 Å². The maximum Gasteiger partial charge on any atom is 0.117 e. The lowest BCUT2D eigenvalue weighted by Gasteiger charge is -2.07. The molecule has 0 aliphatic rings. The second-order valence-electron chi connectivity index (χ2n) is 3.90. The Bertz CT molecular complexity index is 341. The zero-order valence-corrected chi connectivity index (χ0v) is 10.6. The van der Waals surface area contributed by atoms with Crippen molar-refractivity contribution in [3.05, 3.63) is 16.1 Å². The first-order valence-electron chi connectivity index (χ1n) is 5.32. The molecule has 0 aliphatic heterocycles. The molecule has 0 bridgehead atoms. The van der Waals surface area contributed by atoms with Gasteiger partial charge in [-0.2, -0.15) is 0 Å². The van der Waals surface area contributed by atoms with E-state index < -0.39 is 0 Å². The predicted octanol–water partition coefficient (Wildman–Crippen LogP) is 2.78. The quantitative estimate of drug-likeness (QED) is 0.633. The smallest absolute Gasteiger partial charge is 0.117 e. The normalized spacial score (nSPS) is 14.6. The predicted molar refractivity (Wildman–Crippen MR) is 66.4 cm³/mol. The van der Waals surface area contributed by atoms with E-state index in [1.165, 1.54) is 4.88 Å². The molecule has 1 atom stereocenters. The third kappa shape index (κ3) is 3.30. The fraction of sp³-hybridized carbons (Fsp3) is 0.636. The number of hydrogen-bond acceptors (Lipinski definition) is 3. The molecule has 3 nitrogen and oxygen atoms in total.